The zero-order valence-corrected chi connectivity index (χ0v) is 15.7. The maximum atomic E-state index is 6.27. The van der Waals surface area contributed by atoms with Gasteiger partial charge >= 0.3 is 0 Å². The zero-order chi connectivity index (χ0) is 18.2. The van der Waals surface area contributed by atoms with Crippen LogP contribution in [0.3, 0.4) is 0 Å². The van der Waals surface area contributed by atoms with Crippen LogP contribution in [-0.4, -0.2) is 27.4 Å². The molecule has 2 atom stereocenters. The van der Waals surface area contributed by atoms with Crippen LogP contribution >= 0.6 is 0 Å². The molecule has 2 aromatic rings. The molecule has 6 aliphatic carbocycles. The fraction of sp³-hybridized carbons (Fsp3) is 0.375. The van der Waals surface area contributed by atoms with E-state index in [1.165, 1.54) is 22.3 Å². The Bertz CT molecular complexity index is 914. The van der Waals surface area contributed by atoms with Crippen molar-refractivity contribution in [2.24, 2.45) is 11.3 Å². The Labute approximate surface area is 159 Å². The molecule has 3 nitrogen and oxygen atoms in total. The van der Waals surface area contributed by atoms with Crippen molar-refractivity contribution in [3.63, 3.8) is 0 Å². The van der Waals surface area contributed by atoms with Crippen molar-refractivity contribution < 1.29 is 14.2 Å². The summed E-state index contributed by atoms with van der Waals surface area (Å²) in [5.41, 5.74) is 5.27. The van der Waals surface area contributed by atoms with Gasteiger partial charge in [0.25, 0.3) is 6.10 Å². The summed E-state index contributed by atoms with van der Waals surface area (Å²) in [6.45, 7) is 1.38. The highest BCUT2D eigenvalue weighted by atomic mass is 16.5. The summed E-state index contributed by atoms with van der Waals surface area (Å²) >= 11 is 0. The van der Waals surface area contributed by atoms with Crippen LogP contribution in [0.4, 0.5) is 0 Å². The molecule has 9 rings (SSSR count). The third-order valence-corrected chi connectivity index (χ3v) is 7.43. The predicted molar refractivity (Wildman–Crippen MR) is 102 cm³/mol. The molecule has 2 aromatic carbocycles. The van der Waals surface area contributed by atoms with Gasteiger partial charge in [-0.2, -0.15) is 4.74 Å². The van der Waals surface area contributed by atoms with E-state index in [2.05, 4.69) is 54.6 Å². The summed E-state index contributed by atoms with van der Waals surface area (Å²) in [4.78, 5) is 0. The number of hydrogen-bond acceptors (Lipinski definition) is 3. The Balaban J connectivity index is 1.81. The molecule has 27 heavy (non-hydrogen) atoms. The Morgan fingerprint density at radius 1 is 0.963 bits per heavy atom. The minimum absolute atomic E-state index is 0.104. The van der Waals surface area contributed by atoms with Crippen molar-refractivity contribution in [3.05, 3.63) is 88.7 Å². The largest absolute Gasteiger partial charge is 0.496 e. The molecule has 0 saturated carbocycles. The van der Waals surface area contributed by atoms with Crippen molar-refractivity contribution >= 4 is 0 Å². The van der Waals surface area contributed by atoms with E-state index in [0.717, 1.165) is 18.3 Å². The summed E-state index contributed by atoms with van der Waals surface area (Å²) in [5.74, 6) is 1.34. The van der Waals surface area contributed by atoms with Gasteiger partial charge in [0.1, 0.15) is 12.2 Å². The fourth-order valence-corrected chi connectivity index (χ4v) is 6.43. The molecule has 7 aliphatic rings. The lowest BCUT2D eigenvalue weighted by Gasteiger charge is -2.53. The van der Waals surface area contributed by atoms with E-state index in [4.69, 9.17) is 14.2 Å². The molecule has 0 amide bonds. The van der Waals surface area contributed by atoms with E-state index in [9.17, 15) is 0 Å². The number of benzene rings is 2. The van der Waals surface area contributed by atoms with E-state index >= 15 is 0 Å². The van der Waals surface area contributed by atoms with Crippen LogP contribution in [0.1, 0.15) is 34.6 Å². The Morgan fingerprint density at radius 2 is 1.63 bits per heavy atom. The van der Waals surface area contributed by atoms with Crippen molar-refractivity contribution in [1.29, 1.82) is 0 Å². The molecule has 4 bridgehead atoms. The molecule has 1 saturated heterocycles. The lowest BCUT2D eigenvalue weighted by Crippen LogP contribution is -2.55. The summed E-state index contributed by atoms with van der Waals surface area (Å²) in [5, 5.41) is 0. The van der Waals surface area contributed by atoms with Gasteiger partial charge in [0.2, 0.25) is 5.92 Å². The molecule has 3 heteroatoms. The lowest BCUT2D eigenvalue weighted by atomic mass is 9.45. The molecular formula is C24H23O3+. The topological polar surface area (TPSA) is 27.7 Å². The van der Waals surface area contributed by atoms with Crippen LogP contribution in [0.15, 0.2) is 60.4 Å². The van der Waals surface area contributed by atoms with Crippen LogP contribution < -0.4 is 0 Å². The maximum absolute atomic E-state index is 6.27. The van der Waals surface area contributed by atoms with E-state index in [1.54, 1.807) is 7.11 Å². The standard InChI is InChI=1S/C24H23O3/c1-25-19-11-23-12-20(26-2)22(19)21-15-7-3-5-9-17(15)24(23,14-27-13-23)18-10-6-4-8-16(18)21/h3-11,21-22H,12-14H2,1-2H3/q+1. The summed E-state index contributed by atoms with van der Waals surface area (Å²) in [7, 11) is 3.60. The predicted octanol–water partition coefficient (Wildman–Crippen LogP) is 4.18. The van der Waals surface area contributed by atoms with Gasteiger partial charge in [-0.15, -0.1) is 0 Å². The summed E-state index contributed by atoms with van der Waals surface area (Å²) < 4.78 is 18.3. The number of ether oxygens (including phenoxy) is 3. The molecule has 0 radical (unpaired) electrons. The smallest absolute Gasteiger partial charge is 0.253 e. The molecule has 136 valence electrons. The van der Waals surface area contributed by atoms with Crippen LogP contribution in [-0.2, 0) is 19.6 Å². The average molecular weight is 359 g/mol. The first-order valence-corrected chi connectivity index (χ1v) is 9.69. The van der Waals surface area contributed by atoms with Gasteiger partial charge in [-0.3, -0.25) is 0 Å². The van der Waals surface area contributed by atoms with E-state index in [1.807, 2.05) is 7.11 Å². The molecule has 1 fully saturated rings. The van der Waals surface area contributed by atoms with Gasteiger partial charge in [-0.05, 0) is 28.3 Å². The first-order valence-electron chi connectivity index (χ1n) is 9.69. The lowest BCUT2D eigenvalue weighted by molar-refractivity contribution is 0.0482. The maximum Gasteiger partial charge on any atom is 0.253 e. The van der Waals surface area contributed by atoms with Gasteiger partial charge in [0.05, 0.1) is 44.2 Å². The van der Waals surface area contributed by atoms with Gasteiger partial charge < -0.3 is 9.47 Å². The Kier molecular flexibility index (Phi) is 3.03. The molecule has 1 heterocycles. The second-order valence-corrected chi connectivity index (χ2v) is 8.28. The number of methoxy groups -OCH3 is 2. The molecular weight excluding hydrogens is 336 g/mol. The van der Waals surface area contributed by atoms with E-state index in [0.29, 0.717) is 13.2 Å². The van der Waals surface area contributed by atoms with Gasteiger partial charge in [0.15, 0.2) is 0 Å². The van der Waals surface area contributed by atoms with Crippen LogP contribution in [0.5, 0.6) is 0 Å². The fourth-order valence-electron chi connectivity index (χ4n) is 6.43. The summed E-state index contributed by atoms with van der Waals surface area (Å²) in [6, 6.07) is 17.9. The highest BCUT2D eigenvalue weighted by molar-refractivity contribution is 5.63. The van der Waals surface area contributed by atoms with E-state index in [-0.39, 0.29) is 22.7 Å². The minimum atomic E-state index is -0.199. The minimum Gasteiger partial charge on any atom is -0.496 e. The van der Waals surface area contributed by atoms with Gasteiger partial charge in [-0.1, -0.05) is 48.5 Å². The second-order valence-electron chi connectivity index (χ2n) is 8.28. The third-order valence-electron chi connectivity index (χ3n) is 7.43. The Morgan fingerprint density at radius 3 is 2.26 bits per heavy atom. The van der Waals surface area contributed by atoms with Crippen molar-refractivity contribution in [2.45, 2.75) is 17.8 Å². The van der Waals surface area contributed by atoms with E-state index < -0.39 is 0 Å². The third kappa shape index (κ3) is 1.64. The van der Waals surface area contributed by atoms with Crippen molar-refractivity contribution in [2.75, 3.05) is 27.4 Å². The number of rotatable bonds is 2. The van der Waals surface area contributed by atoms with Crippen molar-refractivity contribution in [3.8, 4) is 0 Å². The Hall–Kier alpha value is -2.23. The average Bonchev–Trinajstić information content (AvgIpc) is 3.03. The molecule has 2 unspecified atom stereocenters. The quantitative estimate of drug-likeness (QED) is 0.753. The summed E-state index contributed by atoms with van der Waals surface area (Å²) in [6.07, 6.45) is 4.39. The van der Waals surface area contributed by atoms with Gasteiger partial charge in [-0.25, -0.2) is 0 Å². The molecule has 2 spiro atoms. The molecule has 1 aliphatic heterocycles. The second kappa shape index (κ2) is 5.18. The molecule has 0 N–H and O–H groups in total. The van der Waals surface area contributed by atoms with Gasteiger partial charge in [0, 0.05) is 0 Å². The SMILES string of the molecule is COC1=CC23COCC24c2ccccc2C(c2ccccc24)C1[C+](OC)C3. The highest BCUT2D eigenvalue weighted by Gasteiger charge is 2.71. The normalized spacial score (nSPS) is 35.0. The highest BCUT2D eigenvalue weighted by Crippen LogP contribution is 2.68. The zero-order valence-electron chi connectivity index (χ0n) is 15.7. The first-order chi connectivity index (χ1) is 13.3. The van der Waals surface area contributed by atoms with Crippen LogP contribution in [0.25, 0.3) is 0 Å². The van der Waals surface area contributed by atoms with Crippen LogP contribution in [0.2, 0.25) is 0 Å². The first kappa shape index (κ1) is 15.8. The molecule has 0 aromatic heterocycles. The van der Waals surface area contributed by atoms with Crippen LogP contribution in [0, 0.1) is 17.4 Å². The monoisotopic (exact) mass is 359 g/mol. The number of hydrogen-bond donors (Lipinski definition) is 0. The van der Waals surface area contributed by atoms with Crippen molar-refractivity contribution in [1.82, 2.24) is 0 Å².